The number of ether oxygens (including phenoxy) is 1. The predicted molar refractivity (Wildman–Crippen MR) is 121 cm³/mol. The molecule has 3 aromatic rings. The minimum Gasteiger partial charge on any atom is -0.482 e. The van der Waals surface area contributed by atoms with Gasteiger partial charge in [-0.2, -0.15) is 18.3 Å². The molecule has 0 bridgehead atoms. The van der Waals surface area contributed by atoms with Gasteiger partial charge in [0.15, 0.2) is 5.75 Å². The first-order valence-electron chi connectivity index (χ1n) is 11.2. The average molecular weight is 489 g/mol. The second-order valence-corrected chi connectivity index (χ2v) is 9.45. The van der Waals surface area contributed by atoms with E-state index in [2.05, 4.69) is 34.2 Å². The van der Waals surface area contributed by atoms with E-state index in [4.69, 9.17) is 9.84 Å². The number of anilines is 1. The molecule has 4 rings (SSSR count). The number of nitrogens with one attached hydrogen (secondary N) is 1. The molecule has 8 nitrogen and oxygen atoms in total. The van der Waals surface area contributed by atoms with Gasteiger partial charge in [-0.3, -0.25) is 4.79 Å². The van der Waals surface area contributed by atoms with Crippen LogP contribution in [0.5, 0.6) is 5.75 Å². The molecule has 2 heterocycles. The highest BCUT2D eigenvalue weighted by atomic mass is 19.4. The first-order valence-corrected chi connectivity index (χ1v) is 11.2. The summed E-state index contributed by atoms with van der Waals surface area (Å²) in [7, 11) is 0. The fourth-order valence-electron chi connectivity index (χ4n) is 4.33. The molecule has 1 fully saturated rings. The largest absolute Gasteiger partial charge is 0.482 e. The van der Waals surface area contributed by atoms with Crippen molar-refractivity contribution in [3.8, 4) is 11.7 Å². The second-order valence-electron chi connectivity index (χ2n) is 9.45. The van der Waals surface area contributed by atoms with Crippen LogP contribution in [0.25, 0.3) is 5.95 Å². The van der Waals surface area contributed by atoms with Crippen LogP contribution in [0.2, 0.25) is 0 Å². The Balaban J connectivity index is 1.48. The number of hydrogen-bond acceptors (Lipinski definition) is 6. The quantitative estimate of drug-likeness (QED) is 0.430. The van der Waals surface area contributed by atoms with Crippen molar-refractivity contribution in [3.63, 3.8) is 0 Å². The van der Waals surface area contributed by atoms with Gasteiger partial charge in [0, 0.05) is 24.3 Å². The van der Waals surface area contributed by atoms with E-state index in [0.717, 1.165) is 41.2 Å². The minimum absolute atomic E-state index is 0.00552. The molecule has 2 aromatic heterocycles. The first kappa shape index (κ1) is 24.5. The van der Waals surface area contributed by atoms with Crippen LogP contribution in [0.3, 0.4) is 0 Å². The molecule has 0 aliphatic heterocycles. The van der Waals surface area contributed by atoms with Crippen LogP contribution in [-0.4, -0.2) is 37.4 Å². The molecule has 1 aliphatic rings. The number of aliphatic carboxylic acids is 1. The second kappa shape index (κ2) is 9.55. The monoisotopic (exact) mass is 489 g/mol. The lowest BCUT2D eigenvalue weighted by Gasteiger charge is -2.46. The third-order valence-electron chi connectivity index (χ3n) is 5.96. The zero-order valence-electron chi connectivity index (χ0n) is 19.3. The minimum atomic E-state index is -4.49. The SMILES string of the molecule is CC1(C)CC(C(Oc2cnc(-n3cc(C(F)(F)F)cn3)nc2)c2ccc(NCCC(=O)O)cc2)C1. The van der Waals surface area contributed by atoms with E-state index in [1.54, 1.807) is 0 Å². The molecule has 0 spiro atoms. The third kappa shape index (κ3) is 6.09. The summed E-state index contributed by atoms with van der Waals surface area (Å²) in [6.07, 6.45) is 1.64. The molecule has 35 heavy (non-hydrogen) atoms. The molecule has 1 aliphatic carbocycles. The Bertz CT molecular complexity index is 1150. The van der Waals surface area contributed by atoms with Crippen molar-refractivity contribution in [2.75, 3.05) is 11.9 Å². The normalized spacial score (nSPS) is 16.4. The van der Waals surface area contributed by atoms with E-state index in [1.807, 2.05) is 24.3 Å². The molecule has 0 radical (unpaired) electrons. The molecule has 0 amide bonds. The lowest BCUT2D eigenvalue weighted by molar-refractivity contribution is -0.138. The number of alkyl halides is 3. The Hall–Kier alpha value is -3.63. The fourth-order valence-corrected chi connectivity index (χ4v) is 4.33. The number of carbonyl (C=O) groups is 1. The van der Waals surface area contributed by atoms with Crippen molar-refractivity contribution in [3.05, 3.63) is 60.2 Å². The molecular weight excluding hydrogens is 463 g/mol. The number of nitrogens with zero attached hydrogens (tertiary/aromatic N) is 4. The third-order valence-corrected chi connectivity index (χ3v) is 5.96. The Kier molecular flexibility index (Phi) is 6.68. The lowest BCUT2D eigenvalue weighted by Crippen LogP contribution is -2.37. The Labute approximate surface area is 200 Å². The van der Waals surface area contributed by atoms with Crippen molar-refractivity contribution in [2.45, 2.75) is 45.4 Å². The van der Waals surface area contributed by atoms with Crippen molar-refractivity contribution in [1.29, 1.82) is 0 Å². The number of aromatic nitrogens is 4. The topological polar surface area (TPSA) is 102 Å². The van der Waals surface area contributed by atoms with Crippen LogP contribution in [0.4, 0.5) is 18.9 Å². The predicted octanol–water partition coefficient (Wildman–Crippen LogP) is 5.12. The smallest absolute Gasteiger partial charge is 0.419 e. The first-order chi connectivity index (χ1) is 16.5. The van der Waals surface area contributed by atoms with Gasteiger partial charge in [-0.25, -0.2) is 14.6 Å². The van der Waals surface area contributed by atoms with Gasteiger partial charge >= 0.3 is 12.1 Å². The molecule has 1 aromatic carbocycles. The fraction of sp³-hybridized carbons (Fsp3) is 0.417. The van der Waals surface area contributed by atoms with Gasteiger partial charge in [0.2, 0.25) is 0 Å². The van der Waals surface area contributed by atoms with E-state index in [9.17, 15) is 18.0 Å². The number of hydrogen-bond donors (Lipinski definition) is 2. The van der Waals surface area contributed by atoms with Crippen molar-refractivity contribution >= 4 is 11.7 Å². The Morgan fingerprint density at radius 3 is 2.40 bits per heavy atom. The van der Waals surface area contributed by atoms with Gasteiger partial charge < -0.3 is 15.2 Å². The zero-order valence-corrected chi connectivity index (χ0v) is 19.3. The van der Waals surface area contributed by atoms with Crippen LogP contribution < -0.4 is 10.1 Å². The summed E-state index contributed by atoms with van der Waals surface area (Å²) in [5.41, 5.74) is 1.12. The van der Waals surface area contributed by atoms with E-state index in [0.29, 0.717) is 12.3 Å². The summed E-state index contributed by atoms with van der Waals surface area (Å²) in [5.74, 6) is -0.186. The maximum atomic E-state index is 12.8. The lowest BCUT2D eigenvalue weighted by atomic mass is 9.62. The zero-order chi connectivity index (χ0) is 25.2. The highest BCUT2D eigenvalue weighted by Crippen LogP contribution is 2.51. The summed E-state index contributed by atoms with van der Waals surface area (Å²) < 4.78 is 45.7. The molecule has 0 saturated heterocycles. The Morgan fingerprint density at radius 1 is 1.20 bits per heavy atom. The molecule has 11 heteroatoms. The summed E-state index contributed by atoms with van der Waals surface area (Å²) in [6.45, 7) is 4.73. The molecule has 186 valence electrons. The van der Waals surface area contributed by atoms with Crippen LogP contribution >= 0.6 is 0 Å². The van der Waals surface area contributed by atoms with E-state index >= 15 is 0 Å². The van der Waals surface area contributed by atoms with E-state index < -0.39 is 17.7 Å². The van der Waals surface area contributed by atoms with Crippen LogP contribution in [0, 0.1) is 11.3 Å². The van der Waals surface area contributed by atoms with Gasteiger partial charge in [-0.05, 0) is 36.0 Å². The number of benzene rings is 1. The van der Waals surface area contributed by atoms with Crippen molar-refractivity contribution < 1.29 is 27.8 Å². The van der Waals surface area contributed by atoms with Gasteiger partial charge in [-0.1, -0.05) is 26.0 Å². The molecular formula is C24H26F3N5O3. The highest BCUT2D eigenvalue weighted by Gasteiger charge is 2.42. The van der Waals surface area contributed by atoms with Crippen molar-refractivity contribution in [1.82, 2.24) is 19.7 Å². The number of carboxylic acid groups (broad SMARTS) is 1. The maximum absolute atomic E-state index is 12.8. The summed E-state index contributed by atoms with van der Waals surface area (Å²) >= 11 is 0. The van der Waals surface area contributed by atoms with E-state index in [1.165, 1.54) is 12.4 Å². The highest BCUT2D eigenvalue weighted by molar-refractivity contribution is 5.67. The summed E-state index contributed by atoms with van der Waals surface area (Å²) in [5, 5.41) is 15.5. The van der Waals surface area contributed by atoms with Gasteiger partial charge in [-0.15, -0.1) is 0 Å². The van der Waals surface area contributed by atoms with Gasteiger partial charge in [0.25, 0.3) is 5.95 Å². The molecule has 1 saturated carbocycles. The van der Waals surface area contributed by atoms with Gasteiger partial charge in [0.05, 0.1) is 30.6 Å². The standard InChI is InChI=1S/C24H26F3N5O3/c1-23(2)9-16(10-23)21(15-3-5-18(6-4-15)28-8-7-20(33)34)35-19-12-29-22(30-13-19)32-14-17(11-31-32)24(25,26)27/h3-6,11-14,16,21,28H,7-10H2,1-2H3,(H,33,34). The van der Waals surface area contributed by atoms with Crippen LogP contribution in [0.1, 0.15) is 50.3 Å². The molecule has 1 atom stereocenters. The number of carboxylic acids is 1. The number of rotatable bonds is 9. The molecule has 2 N–H and O–H groups in total. The van der Waals surface area contributed by atoms with E-state index in [-0.39, 0.29) is 29.8 Å². The maximum Gasteiger partial charge on any atom is 0.419 e. The number of halogens is 3. The molecule has 1 unspecified atom stereocenters. The summed E-state index contributed by atoms with van der Waals surface area (Å²) in [6, 6.07) is 7.65. The van der Waals surface area contributed by atoms with Crippen LogP contribution in [-0.2, 0) is 11.0 Å². The van der Waals surface area contributed by atoms with Gasteiger partial charge in [0.1, 0.15) is 6.10 Å². The van der Waals surface area contributed by atoms with Crippen molar-refractivity contribution in [2.24, 2.45) is 11.3 Å². The average Bonchev–Trinajstić information content (AvgIpc) is 3.28. The Morgan fingerprint density at radius 2 is 1.86 bits per heavy atom. The summed E-state index contributed by atoms with van der Waals surface area (Å²) in [4.78, 5) is 18.9. The van der Waals surface area contributed by atoms with Crippen LogP contribution in [0.15, 0.2) is 49.1 Å².